The molecule has 2 amide bonds. The lowest BCUT2D eigenvalue weighted by Crippen LogP contribution is -2.54. The number of nitrogens with two attached hydrogens (primary N) is 2. The molecule has 0 aromatic rings. The van der Waals surface area contributed by atoms with Crippen molar-refractivity contribution in [3.8, 4) is 0 Å². The van der Waals surface area contributed by atoms with Crippen LogP contribution in [-0.2, 0) is 19.2 Å². The van der Waals surface area contributed by atoms with Gasteiger partial charge in [-0.25, -0.2) is 4.79 Å². The van der Waals surface area contributed by atoms with Crippen molar-refractivity contribution in [2.45, 2.75) is 50.7 Å². The molecule has 10 N–H and O–H groups in total. The van der Waals surface area contributed by atoms with Crippen LogP contribution in [0.5, 0.6) is 0 Å². The Morgan fingerprint density at radius 2 is 1.62 bits per heavy atom. The van der Waals surface area contributed by atoms with E-state index in [0.29, 0.717) is 19.4 Å². The molecule has 12 heteroatoms. The third-order valence-electron chi connectivity index (χ3n) is 3.27. The monoisotopic (exact) mass is 374 g/mol. The van der Waals surface area contributed by atoms with Gasteiger partial charge in [-0.05, 0) is 26.2 Å². The molecule has 0 aromatic heterocycles. The number of carboxylic acids is 2. The molecule has 12 nitrogen and oxygen atoms in total. The Bertz CT molecular complexity index is 538. The van der Waals surface area contributed by atoms with Gasteiger partial charge in [0.2, 0.25) is 11.8 Å². The summed E-state index contributed by atoms with van der Waals surface area (Å²) in [7, 11) is 0. The van der Waals surface area contributed by atoms with Crippen LogP contribution in [-0.4, -0.2) is 64.6 Å². The van der Waals surface area contributed by atoms with Gasteiger partial charge in [-0.2, -0.15) is 0 Å². The summed E-state index contributed by atoms with van der Waals surface area (Å²) in [5, 5.41) is 31.8. The van der Waals surface area contributed by atoms with Crippen LogP contribution in [0.1, 0.15) is 32.6 Å². The maximum Gasteiger partial charge on any atom is 0.326 e. The highest BCUT2D eigenvalue weighted by Crippen LogP contribution is 2.04. The molecule has 0 saturated heterocycles. The van der Waals surface area contributed by atoms with Crippen molar-refractivity contribution in [3.05, 3.63) is 0 Å². The number of carbonyl (C=O) groups is 4. The average molecular weight is 374 g/mol. The zero-order chi connectivity index (χ0) is 20.3. The van der Waals surface area contributed by atoms with E-state index < -0.39 is 48.3 Å². The van der Waals surface area contributed by atoms with Gasteiger partial charge in [0.25, 0.3) is 0 Å². The Hall–Kier alpha value is -2.89. The number of hydrogen-bond acceptors (Lipinski definition) is 6. The number of rotatable bonds is 12. The van der Waals surface area contributed by atoms with Crippen molar-refractivity contribution in [2.24, 2.45) is 11.5 Å². The van der Waals surface area contributed by atoms with Crippen molar-refractivity contribution in [2.75, 3.05) is 6.54 Å². The fourth-order valence-corrected chi connectivity index (χ4v) is 1.92. The van der Waals surface area contributed by atoms with Gasteiger partial charge in [-0.3, -0.25) is 19.8 Å². The molecule has 0 radical (unpaired) electrons. The number of carboxylic acid groups (broad SMARTS) is 2. The van der Waals surface area contributed by atoms with E-state index >= 15 is 0 Å². The summed E-state index contributed by atoms with van der Waals surface area (Å²) >= 11 is 0. The first kappa shape index (κ1) is 23.1. The Kier molecular flexibility index (Phi) is 10.3. The second kappa shape index (κ2) is 11.6. The lowest BCUT2D eigenvalue weighted by Gasteiger charge is -2.21. The van der Waals surface area contributed by atoms with Crippen molar-refractivity contribution in [3.63, 3.8) is 0 Å². The Morgan fingerprint density at radius 1 is 1.04 bits per heavy atom. The molecule has 0 fully saturated rings. The highest BCUT2D eigenvalue weighted by Gasteiger charge is 2.28. The van der Waals surface area contributed by atoms with E-state index in [2.05, 4.69) is 16.0 Å². The highest BCUT2D eigenvalue weighted by molar-refractivity contribution is 5.92. The topological polar surface area (TPSA) is 221 Å². The first-order valence-corrected chi connectivity index (χ1v) is 7.93. The number of nitrogens with one attached hydrogen (secondary N) is 4. The summed E-state index contributed by atoms with van der Waals surface area (Å²) in [4.78, 5) is 45.8. The van der Waals surface area contributed by atoms with Gasteiger partial charge < -0.3 is 37.6 Å². The largest absolute Gasteiger partial charge is 0.481 e. The van der Waals surface area contributed by atoms with Crippen LogP contribution in [0, 0.1) is 5.41 Å². The van der Waals surface area contributed by atoms with Crippen molar-refractivity contribution >= 4 is 29.7 Å². The predicted molar refractivity (Wildman–Crippen MR) is 91.2 cm³/mol. The minimum Gasteiger partial charge on any atom is -0.481 e. The molecule has 0 aliphatic carbocycles. The minimum atomic E-state index is -1.62. The molecule has 0 bridgehead atoms. The van der Waals surface area contributed by atoms with Crippen LogP contribution in [0.25, 0.3) is 0 Å². The number of guanidine groups is 1. The van der Waals surface area contributed by atoms with Crippen LogP contribution in [0.2, 0.25) is 0 Å². The summed E-state index contributed by atoms with van der Waals surface area (Å²) in [5.74, 6) is -4.49. The van der Waals surface area contributed by atoms with Crippen molar-refractivity contribution in [1.29, 1.82) is 5.41 Å². The Balaban J connectivity index is 4.85. The first-order chi connectivity index (χ1) is 12.0. The number of carbonyl (C=O) groups excluding carboxylic acids is 2. The number of amides is 2. The second-order valence-corrected chi connectivity index (χ2v) is 5.68. The zero-order valence-corrected chi connectivity index (χ0v) is 14.4. The lowest BCUT2D eigenvalue weighted by molar-refractivity contribution is -0.147. The number of aliphatic carboxylic acids is 2. The highest BCUT2D eigenvalue weighted by atomic mass is 16.4. The van der Waals surface area contributed by atoms with E-state index in [1.165, 1.54) is 6.92 Å². The van der Waals surface area contributed by atoms with E-state index in [0.717, 1.165) is 0 Å². The van der Waals surface area contributed by atoms with Crippen molar-refractivity contribution < 1.29 is 29.4 Å². The van der Waals surface area contributed by atoms with Crippen LogP contribution >= 0.6 is 0 Å². The quantitative estimate of drug-likeness (QED) is 0.103. The smallest absolute Gasteiger partial charge is 0.326 e. The summed E-state index contributed by atoms with van der Waals surface area (Å²) < 4.78 is 0. The fraction of sp³-hybridized carbons (Fsp3) is 0.643. The molecular weight excluding hydrogens is 348 g/mol. The normalized spacial score (nSPS) is 13.8. The third kappa shape index (κ3) is 10.1. The summed E-state index contributed by atoms with van der Waals surface area (Å²) in [6.45, 7) is 1.81. The molecule has 0 unspecified atom stereocenters. The van der Waals surface area contributed by atoms with Crippen molar-refractivity contribution in [1.82, 2.24) is 16.0 Å². The molecule has 0 aliphatic rings. The van der Waals surface area contributed by atoms with Gasteiger partial charge in [0, 0.05) is 6.54 Å². The second-order valence-electron chi connectivity index (χ2n) is 5.68. The van der Waals surface area contributed by atoms with Gasteiger partial charge in [-0.15, -0.1) is 0 Å². The SMILES string of the molecule is C[C@H](N)C(=O)N[C@@H](CCCCNC(=N)N)C(=O)N[C@@H](CC(=O)O)C(=O)O. The summed E-state index contributed by atoms with van der Waals surface area (Å²) in [5.41, 5.74) is 10.6. The van der Waals surface area contributed by atoms with Gasteiger partial charge >= 0.3 is 11.9 Å². The van der Waals surface area contributed by atoms with Gasteiger partial charge in [0.1, 0.15) is 12.1 Å². The predicted octanol–water partition coefficient (Wildman–Crippen LogP) is -2.48. The van der Waals surface area contributed by atoms with Crippen LogP contribution in [0.15, 0.2) is 0 Å². The average Bonchev–Trinajstić information content (AvgIpc) is 2.51. The van der Waals surface area contributed by atoms with Crippen LogP contribution < -0.4 is 27.4 Å². The molecular formula is C14H26N6O6. The van der Waals surface area contributed by atoms with E-state index in [1.54, 1.807) is 0 Å². The number of hydrogen-bond donors (Lipinski definition) is 8. The molecule has 0 spiro atoms. The van der Waals surface area contributed by atoms with Gasteiger partial charge in [0.15, 0.2) is 5.96 Å². The Morgan fingerprint density at radius 3 is 2.08 bits per heavy atom. The standard InChI is InChI=1S/C14H26N6O6/c1-7(15)11(23)19-8(4-2-3-5-18-14(16)17)12(24)20-9(13(25)26)6-10(21)22/h7-9H,2-6,15H2,1H3,(H,19,23)(H,20,24)(H,21,22)(H,25,26)(H4,16,17,18)/t7-,8-,9-/m0/s1. The maximum absolute atomic E-state index is 12.3. The summed E-state index contributed by atoms with van der Waals surface area (Å²) in [6, 6.07) is -3.56. The maximum atomic E-state index is 12.3. The number of unbranched alkanes of at least 4 members (excludes halogenated alkanes) is 1. The molecule has 3 atom stereocenters. The Labute approximate surface area is 150 Å². The third-order valence-corrected chi connectivity index (χ3v) is 3.27. The zero-order valence-electron chi connectivity index (χ0n) is 14.4. The van der Waals surface area contributed by atoms with Gasteiger partial charge in [0.05, 0.1) is 12.5 Å². The minimum absolute atomic E-state index is 0.170. The lowest BCUT2D eigenvalue weighted by atomic mass is 10.1. The molecule has 0 heterocycles. The molecule has 0 aromatic carbocycles. The molecule has 0 rings (SSSR count). The molecule has 0 saturated carbocycles. The van der Waals surface area contributed by atoms with E-state index in [1.807, 2.05) is 0 Å². The van der Waals surface area contributed by atoms with E-state index in [-0.39, 0.29) is 12.4 Å². The van der Waals surface area contributed by atoms with E-state index in [4.69, 9.17) is 27.1 Å². The van der Waals surface area contributed by atoms with Crippen LogP contribution in [0.3, 0.4) is 0 Å². The van der Waals surface area contributed by atoms with Crippen LogP contribution in [0.4, 0.5) is 0 Å². The van der Waals surface area contributed by atoms with E-state index in [9.17, 15) is 19.2 Å². The molecule has 148 valence electrons. The molecule has 0 aliphatic heterocycles. The van der Waals surface area contributed by atoms with Gasteiger partial charge in [-0.1, -0.05) is 0 Å². The summed E-state index contributed by atoms with van der Waals surface area (Å²) in [6.07, 6.45) is 0.365. The first-order valence-electron chi connectivity index (χ1n) is 7.93. The molecule has 26 heavy (non-hydrogen) atoms. The fourth-order valence-electron chi connectivity index (χ4n) is 1.92.